The lowest BCUT2D eigenvalue weighted by atomic mass is 10.2. The maximum absolute atomic E-state index is 12.5. The average Bonchev–Trinajstić information content (AvgIpc) is 2.40. The summed E-state index contributed by atoms with van der Waals surface area (Å²) >= 11 is 18.8. The molecule has 112 valence electrons. The Morgan fingerprint density at radius 2 is 1.90 bits per heavy atom. The van der Waals surface area contributed by atoms with Crippen LogP contribution in [-0.4, -0.2) is 13.2 Å². The summed E-state index contributed by atoms with van der Waals surface area (Å²) in [6.07, 6.45) is 0. The maximum atomic E-state index is 12.5. The van der Waals surface area contributed by atoms with Crippen LogP contribution < -0.4 is 0 Å². The molecule has 0 saturated carbocycles. The van der Waals surface area contributed by atoms with E-state index in [4.69, 9.17) is 43.9 Å². The minimum Gasteiger partial charge on any atom is -0.301 e. The van der Waals surface area contributed by atoms with E-state index < -0.39 is 6.80 Å². The summed E-state index contributed by atoms with van der Waals surface area (Å²) in [7, 11) is 0. The van der Waals surface area contributed by atoms with Gasteiger partial charge in [-0.15, -0.1) is 0 Å². The molecule has 0 amide bonds. The average molecular weight is 376 g/mol. The van der Waals surface area contributed by atoms with Gasteiger partial charge < -0.3 is 9.05 Å². The van der Waals surface area contributed by atoms with Crippen molar-refractivity contribution >= 4 is 57.9 Å². The van der Waals surface area contributed by atoms with Crippen LogP contribution in [0.2, 0.25) is 10.0 Å². The van der Waals surface area contributed by atoms with Crippen LogP contribution in [0.25, 0.3) is 4.91 Å². The molecule has 0 bridgehead atoms. The summed E-state index contributed by atoms with van der Waals surface area (Å²) in [5.41, 5.74) is 1.87. The minimum absolute atomic E-state index is 0.267. The Labute approximate surface area is 137 Å². The fourth-order valence-electron chi connectivity index (χ4n) is 1.34. The van der Waals surface area contributed by atoms with E-state index in [1.807, 2.05) is 0 Å². The van der Waals surface area contributed by atoms with Crippen molar-refractivity contribution in [1.82, 2.24) is 0 Å². The zero-order chi connectivity index (χ0) is 15.2. The van der Waals surface area contributed by atoms with Gasteiger partial charge in [-0.25, -0.2) is 4.57 Å². The third-order valence-electron chi connectivity index (χ3n) is 2.08. The summed E-state index contributed by atoms with van der Waals surface area (Å²) in [6.45, 7) is 0.681. The van der Waals surface area contributed by atoms with E-state index in [1.54, 1.807) is 32.0 Å². The van der Waals surface area contributed by atoms with Crippen LogP contribution in [0.5, 0.6) is 0 Å². The van der Waals surface area contributed by atoms with Crippen LogP contribution in [0.4, 0.5) is 0 Å². The molecule has 0 aliphatic heterocycles. The van der Waals surface area contributed by atoms with Gasteiger partial charge in [-0.3, -0.25) is 0 Å². The van der Waals surface area contributed by atoms with E-state index in [9.17, 15) is 4.57 Å². The first-order valence-electron chi connectivity index (χ1n) is 5.80. The Hall–Kier alpha value is 0.330. The van der Waals surface area contributed by atoms with Gasteiger partial charge in [-0.05, 0) is 43.4 Å². The standard InChI is InChI=1S/C12H14Cl3O3PS/c1-3-17-19(16,18-4-2)20-12(8-13)10-7-9(14)5-6-11(10)15/h5-8H,3-4H2,1-2H3/b12-8+. The second-order valence-electron chi connectivity index (χ2n) is 3.47. The van der Waals surface area contributed by atoms with Crippen molar-refractivity contribution in [3.05, 3.63) is 39.3 Å². The van der Waals surface area contributed by atoms with Crippen molar-refractivity contribution in [2.75, 3.05) is 13.2 Å². The van der Waals surface area contributed by atoms with Crippen LogP contribution in [0.3, 0.4) is 0 Å². The van der Waals surface area contributed by atoms with Gasteiger partial charge in [0.1, 0.15) is 0 Å². The normalized spacial score (nSPS) is 12.8. The van der Waals surface area contributed by atoms with Gasteiger partial charge >= 0.3 is 6.80 Å². The molecular formula is C12H14Cl3O3PS. The fourth-order valence-corrected chi connectivity index (χ4v) is 5.71. The van der Waals surface area contributed by atoms with Crippen molar-refractivity contribution < 1.29 is 13.6 Å². The topological polar surface area (TPSA) is 35.5 Å². The molecule has 0 aliphatic rings. The molecule has 0 fully saturated rings. The van der Waals surface area contributed by atoms with Crippen LogP contribution in [0, 0.1) is 0 Å². The lowest BCUT2D eigenvalue weighted by Crippen LogP contribution is -1.93. The van der Waals surface area contributed by atoms with Gasteiger partial charge in [0.2, 0.25) is 0 Å². The lowest BCUT2D eigenvalue weighted by molar-refractivity contribution is 0.237. The summed E-state index contributed by atoms with van der Waals surface area (Å²) in [5.74, 6) is 0. The van der Waals surface area contributed by atoms with Crippen molar-refractivity contribution in [2.24, 2.45) is 0 Å². The third kappa shape index (κ3) is 5.27. The summed E-state index contributed by atoms with van der Waals surface area (Å²) in [4.78, 5) is 0.476. The molecule has 0 saturated heterocycles. The van der Waals surface area contributed by atoms with Gasteiger partial charge in [0.25, 0.3) is 0 Å². The van der Waals surface area contributed by atoms with Crippen molar-refractivity contribution in [3.63, 3.8) is 0 Å². The molecule has 0 atom stereocenters. The monoisotopic (exact) mass is 374 g/mol. The van der Waals surface area contributed by atoms with Crippen LogP contribution >= 0.6 is 53.0 Å². The highest BCUT2D eigenvalue weighted by atomic mass is 35.5. The highest BCUT2D eigenvalue weighted by Crippen LogP contribution is 2.65. The van der Waals surface area contributed by atoms with Crippen molar-refractivity contribution in [2.45, 2.75) is 13.8 Å². The third-order valence-corrected chi connectivity index (χ3v) is 6.79. The molecule has 1 rings (SSSR count). The van der Waals surface area contributed by atoms with E-state index >= 15 is 0 Å². The van der Waals surface area contributed by atoms with Crippen molar-refractivity contribution in [1.29, 1.82) is 0 Å². The first-order chi connectivity index (χ1) is 9.45. The molecule has 1 aromatic rings. The summed E-state index contributed by atoms with van der Waals surface area (Å²) in [5, 5.41) is 0.956. The fraction of sp³-hybridized carbons (Fsp3) is 0.333. The van der Waals surface area contributed by atoms with Gasteiger partial charge in [0.05, 0.1) is 13.2 Å². The lowest BCUT2D eigenvalue weighted by Gasteiger charge is -2.17. The summed E-state index contributed by atoms with van der Waals surface area (Å²) in [6, 6.07) is 4.95. The number of rotatable bonds is 7. The van der Waals surface area contributed by atoms with E-state index in [2.05, 4.69) is 0 Å². The van der Waals surface area contributed by atoms with E-state index in [0.29, 0.717) is 20.5 Å². The zero-order valence-electron chi connectivity index (χ0n) is 10.9. The van der Waals surface area contributed by atoms with Crippen LogP contribution in [0.1, 0.15) is 19.4 Å². The van der Waals surface area contributed by atoms with Crippen LogP contribution in [0.15, 0.2) is 23.7 Å². The molecule has 3 nitrogen and oxygen atoms in total. The largest absolute Gasteiger partial charge is 0.393 e. The predicted molar refractivity (Wildman–Crippen MR) is 88.7 cm³/mol. The van der Waals surface area contributed by atoms with E-state index in [-0.39, 0.29) is 13.2 Å². The predicted octanol–water partition coefficient (Wildman–Crippen LogP) is 6.44. The molecule has 0 heterocycles. The Balaban J connectivity index is 3.08. The quantitative estimate of drug-likeness (QED) is 0.513. The highest BCUT2D eigenvalue weighted by Gasteiger charge is 2.28. The van der Waals surface area contributed by atoms with Crippen LogP contribution in [-0.2, 0) is 13.6 Å². The molecule has 8 heteroatoms. The molecule has 0 N–H and O–H groups in total. The Morgan fingerprint density at radius 3 is 2.40 bits per heavy atom. The van der Waals surface area contributed by atoms with Crippen molar-refractivity contribution in [3.8, 4) is 0 Å². The highest BCUT2D eigenvalue weighted by molar-refractivity contribution is 8.59. The Bertz CT molecular complexity index is 527. The Morgan fingerprint density at radius 1 is 1.30 bits per heavy atom. The van der Waals surface area contributed by atoms with E-state index in [0.717, 1.165) is 11.4 Å². The molecular weight excluding hydrogens is 362 g/mol. The maximum Gasteiger partial charge on any atom is 0.393 e. The van der Waals surface area contributed by atoms with Gasteiger partial charge in [0, 0.05) is 26.0 Å². The van der Waals surface area contributed by atoms with E-state index in [1.165, 1.54) is 5.54 Å². The molecule has 0 aromatic heterocycles. The minimum atomic E-state index is -3.33. The number of halogens is 3. The van der Waals surface area contributed by atoms with Gasteiger partial charge in [0.15, 0.2) is 0 Å². The number of hydrogen-bond acceptors (Lipinski definition) is 4. The number of benzene rings is 1. The molecule has 0 aliphatic carbocycles. The van der Waals surface area contributed by atoms with Gasteiger partial charge in [-0.1, -0.05) is 34.8 Å². The number of hydrogen-bond donors (Lipinski definition) is 0. The molecule has 0 unspecified atom stereocenters. The molecule has 20 heavy (non-hydrogen) atoms. The SMILES string of the molecule is CCOP(=O)(OCC)S/C(=C/Cl)c1cc(Cl)ccc1Cl. The zero-order valence-corrected chi connectivity index (χ0v) is 14.9. The second kappa shape index (κ2) is 8.70. The second-order valence-corrected chi connectivity index (χ2v) is 8.46. The molecule has 1 aromatic carbocycles. The Kier molecular flexibility index (Phi) is 7.99. The molecule has 0 radical (unpaired) electrons. The first kappa shape index (κ1) is 18.4. The summed E-state index contributed by atoms with van der Waals surface area (Å²) < 4.78 is 22.9. The first-order valence-corrected chi connectivity index (χ1v) is 9.96. The molecule has 0 spiro atoms. The van der Waals surface area contributed by atoms with Gasteiger partial charge in [-0.2, -0.15) is 0 Å². The smallest absolute Gasteiger partial charge is 0.301 e.